The van der Waals surface area contributed by atoms with Gasteiger partial charge in [0.05, 0.1) is 6.10 Å². The standard InChI is InChI=1S/C23H36O5/c1-25-16-28-21-8-9-23-15-17(21)12-19(23)14-20(24)13-18(23)6-2-4-10-26-22-7-3-5-11-27-22/h13,17,19,21-22H,2-12,14-16H2,1H3/t17-,19-,21?,22?,23-/m1/s1. The number of carbonyl (C=O) groups excluding carboxylic acids is 1. The van der Waals surface area contributed by atoms with Crippen molar-refractivity contribution in [3.63, 3.8) is 0 Å². The third-order valence-electron chi connectivity index (χ3n) is 7.50. The van der Waals surface area contributed by atoms with E-state index < -0.39 is 0 Å². The molecule has 0 aromatic carbocycles. The maximum atomic E-state index is 12.4. The fourth-order valence-electron chi connectivity index (χ4n) is 6.18. The van der Waals surface area contributed by atoms with Crippen molar-refractivity contribution in [2.75, 3.05) is 27.1 Å². The molecule has 3 fully saturated rings. The fraction of sp³-hybridized carbons (Fsp3) is 0.870. The largest absolute Gasteiger partial charge is 0.359 e. The Bertz CT molecular complexity index is 567. The Balaban J connectivity index is 1.29. The fourth-order valence-corrected chi connectivity index (χ4v) is 6.18. The topological polar surface area (TPSA) is 54.0 Å². The number of hydrogen-bond acceptors (Lipinski definition) is 5. The molecule has 0 radical (unpaired) electrons. The summed E-state index contributed by atoms with van der Waals surface area (Å²) in [4.78, 5) is 12.4. The molecule has 0 N–H and O–H groups in total. The van der Waals surface area contributed by atoms with E-state index in [9.17, 15) is 4.79 Å². The molecule has 5 nitrogen and oxygen atoms in total. The molecule has 5 heteroatoms. The van der Waals surface area contributed by atoms with Crippen LogP contribution in [0.3, 0.4) is 0 Å². The number of ether oxygens (including phenoxy) is 4. The maximum Gasteiger partial charge on any atom is 0.157 e. The summed E-state index contributed by atoms with van der Waals surface area (Å²) in [6, 6.07) is 0. The molecule has 0 aromatic heterocycles. The van der Waals surface area contributed by atoms with Crippen LogP contribution in [-0.2, 0) is 23.7 Å². The molecule has 28 heavy (non-hydrogen) atoms. The molecule has 2 unspecified atom stereocenters. The summed E-state index contributed by atoms with van der Waals surface area (Å²) in [7, 11) is 1.68. The van der Waals surface area contributed by atoms with Crippen molar-refractivity contribution < 1.29 is 23.7 Å². The van der Waals surface area contributed by atoms with Crippen molar-refractivity contribution >= 4 is 5.78 Å². The molecule has 2 saturated carbocycles. The van der Waals surface area contributed by atoms with Gasteiger partial charge in [-0.1, -0.05) is 5.57 Å². The summed E-state index contributed by atoms with van der Waals surface area (Å²) in [6.07, 6.45) is 14.2. The Labute approximate surface area is 169 Å². The molecule has 3 aliphatic carbocycles. The van der Waals surface area contributed by atoms with Gasteiger partial charge in [-0.25, -0.2) is 0 Å². The number of ketones is 1. The van der Waals surface area contributed by atoms with Crippen LogP contribution in [0, 0.1) is 17.3 Å². The van der Waals surface area contributed by atoms with E-state index in [1.54, 1.807) is 7.11 Å². The first kappa shape index (κ1) is 20.5. The van der Waals surface area contributed by atoms with Crippen LogP contribution in [0.25, 0.3) is 0 Å². The van der Waals surface area contributed by atoms with E-state index in [0.717, 1.165) is 71.0 Å². The first-order valence-corrected chi connectivity index (χ1v) is 11.3. The Hall–Kier alpha value is -0.750. The first-order chi connectivity index (χ1) is 13.7. The van der Waals surface area contributed by atoms with Gasteiger partial charge in [0.25, 0.3) is 0 Å². The summed E-state index contributed by atoms with van der Waals surface area (Å²) >= 11 is 0. The van der Waals surface area contributed by atoms with E-state index >= 15 is 0 Å². The van der Waals surface area contributed by atoms with E-state index in [0.29, 0.717) is 30.5 Å². The van der Waals surface area contributed by atoms with Crippen molar-refractivity contribution in [2.45, 2.75) is 83.0 Å². The van der Waals surface area contributed by atoms with Gasteiger partial charge in [-0.05, 0) is 87.5 Å². The average Bonchev–Trinajstić information content (AvgIpc) is 3.01. The highest BCUT2D eigenvalue weighted by atomic mass is 16.7. The highest BCUT2D eigenvalue weighted by Crippen LogP contribution is 2.62. The van der Waals surface area contributed by atoms with Crippen LogP contribution in [0.5, 0.6) is 0 Å². The minimum absolute atomic E-state index is 0.00478. The van der Waals surface area contributed by atoms with E-state index in [4.69, 9.17) is 18.9 Å². The highest BCUT2D eigenvalue weighted by molar-refractivity contribution is 5.92. The SMILES string of the molecule is COCOC1CC[C@]23C[C@H]1C[C@@H]2CC(=O)C=C3CCCCOC1CCCCO1. The molecule has 5 atom stereocenters. The summed E-state index contributed by atoms with van der Waals surface area (Å²) in [5.74, 6) is 1.43. The van der Waals surface area contributed by atoms with Crippen LogP contribution in [0.1, 0.15) is 70.6 Å². The van der Waals surface area contributed by atoms with Crippen LogP contribution in [-0.4, -0.2) is 45.3 Å². The number of unbranched alkanes of at least 4 members (excludes halogenated alkanes) is 1. The quantitative estimate of drug-likeness (QED) is 0.430. The second-order valence-corrected chi connectivity index (χ2v) is 9.17. The third kappa shape index (κ3) is 4.38. The Morgan fingerprint density at radius 3 is 2.96 bits per heavy atom. The lowest BCUT2D eigenvalue weighted by Gasteiger charge is -2.44. The van der Waals surface area contributed by atoms with Crippen LogP contribution in [0.2, 0.25) is 0 Å². The van der Waals surface area contributed by atoms with Crippen molar-refractivity contribution in [2.24, 2.45) is 17.3 Å². The molecule has 1 saturated heterocycles. The van der Waals surface area contributed by atoms with Gasteiger partial charge in [-0.15, -0.1) is 0 Å². The summed E-state index contributed by atoms with van der Waals surface area (Å²) in [5.41, 5.74) is 1.69. The van der Waals surface area contributed by atoms with Gasteiger partial charge >= 0.3 is 0 Å². The van der Waals surface area contributed by atoms with E-state index in [1.807, 2.05) is 6.08 Å². The molecule has 1 heterocycles. The molecule has 1 aliphatic heterocycles. The number of carbonyl (C=O) groups is 1. The zero-order valence-corrected chi connectivity index (χ0v) is 17.3. The van der Waals surface area contributed by atoms with E-state index in [1.165, 1.54) is 18.4 Å². The molecule has 0 aromatic rings. The lowest BCUT2D eigenvalue weighted by Crippen LogP contribution is -2.38. The number of rotatable bonds is 9. The van der Waals surface area contributed by atoms with Gasteiger partial charge in [0, 0.05) is 26.7 Å². The van der Waals surface area contributed by atoms with Crippen LogP contribution in [0.15, 0.2) is 11.6 Å². The summed E-state index contributed by atoms with van der Waals surface area (Å²) in [6.45, 7) is 1.98. The first-order valence-electron chi connectivity index (χ1n) is 11.3. The predicted molar refractivity (Wildman–Crippen MR) is 106 cm³/mol. The molecular weight excluding hydrogens is 356 g/mol. The molecule has 158 valence electrons. The highest BCUT2D eigenvalue weighted by Gasteiger charge is 2.55. The van der Waals surface area contributed by atoms with Gasteiger partial charge in [0.15, 0.2) is 12.1 Å². The monoisotopic (exact) mass is 392 g/mol. The van der Waals surface area contributed by atoms with Crippen molar-refractivity contribution in [1.82, 2.24) is 0 Å². The summed E-state index contributed by atoms with van der Waals surface area (Å²) in [5, 5.41) is 0. The Morgan fingerprint density at radius 2 is 2.14 bits per heavy atom. The molecule has 4 aliphatic rings. The molecule has 0 amide bonds. The Morgan fingerprint density at radius 1 is 1.21 bits per heavy atom. The van der Waals surface area contributed by atoms with Gasteiger partial charge in [-0.3, -0.25) is 4.79 Å². The van der Waals surface area contributed by atoms with Crippen molar-refractivity contribution in [1.29, 1.82) is 0 Å². The van der Waals surface area contributed by atoms with Gasteiger partial charge in [-0.2, -0.15) is 0 Å². The number of fused-ring (bicyclic) bond motifs is 1. The van der Waals surface area contributed by atoms with Crippen LogP contribution >= 0.6 is 0 Å². The minimum atomic E-state index is 0.00478. The predicted octanol–water partition coefficient (Wildman–Crippen LogP) is 4.39. The maximum absolute atomic E-state index is 12.4. The normalized spacial score (nSPS) is 37.6. The summed E-state index contributed by atoms with van der Waals surface area (Å²) < 4.78 is 22.6. The number of hydrogen-bond donors (Lipinski definition) is 0. The van der Waals surface area contributed by atoms with Crippen LogP contribution < -0.4 is 0 Å². The van der Waals surface area contributed by atoms with Gasteiger partial charge in [0.2, 0.25) is 0 Å². The molecular formula is C23H36O5. The number of allylic oxidation sites excluding steroid dienone is 2. The van der Waals surface area contributed by atoms with Crippen molar-refractivity contribution in [3.8, 4) is 0 Å². The lowest BCUT2D eigenvalue weighted by atomic mass is 9.61. The molecule has 1 spiro atoms. The second-order valence-electron chi connectivity index (χ2n) is 9.17. The Kier molecular flexibility index (Phi) is 6.87. The smallest absolute Gasteiger partial charge is 0.157 e. The molecule has 2 bridgehead atoms. The van der Waals surface area contributed by atoms with E-state index in [2.05, 4.69) is 0 Å². The number of methoxy groups -OCH3 is 1. The van der Waals surface area contributed by atoms with Gasteiger partial charge in [0.1, 0.15) is 6.79 Å². The average molecular weight is 393 g/mol. The minimum Gasteiger partial charge on any atom is -0.359 e. The lowest BCUT2D eigenvalue weighted by molar-refractivity contribution is -0.162. The third-order valence-corrected chi connectivity index (χ3v) is 7.50. The van der Waals surface area contributed by atoms with Crippen molar-refractivity contribution in [3.05, 3.63) is 11.6 Å². The second kappa shape index (κ2) is 9.38. The molecule has 4 rings (SSSR count). The van der Waals surface area contributed by atoms with Crippen LogP contribution in [0.4, 0.5) is 0 Å². The zero-order chi connectivity index (χ0) is 19.4. The van der Waals surface area contributed by atoms with E-state index in [-0.39, 0.29) is 11.7 Å². The van der Waals surface area contributed by atoms with Gasteiger partial charge < -0.3 is 18.9 Å². The zero-order valence-electron chi connectivity index (χ0n) is 17.3.